The zero-order valence-electron chi connectivity index (χ0n) is 15.3. The van der Waals surface area contributed by atoms with E-state index in [1.165, 1.54) is 11.8 Å². The van der Waals surface area contributed by atoms with Crippen molar-refractivity contribution >= 4 is 34.4 Å². The van der Waals surface area contributed by atoms with E-state index in [-0.39, 0.29) is 23.3 Å². The normalized spacial score (nSPS) is 11.3. The van der Waals surface area contributed by atoms with E-state index < -0.39 is 0 Å². The molecule has 0 atom stereocenters. The summed E-state index contributed by atoms with van der Waals surface area (Å²) < 4.78 is 1.63. The van der Waals surface area contributed by atoms with E-state index in [9.17, 15) is 9.59 Å². The molecule has 0 saturated heterocycles. The summed E-state index contributed by atoms with van der Waals surface area (Å²) in [5.41, 5.74) is 3.71. The molecule has 0 spiro atoms. The van der Waals surface area contributed by atoms with Gasteiger partial charge in [0.25, 0.3) is 5.56 Å². The van der Waals surface area contributed by atoms with Gasteiger partial charge in [0, 0.05) is 17.4 Å². The molecular weight excluding hydrogens is 348 g/mol. The predicted molar refractivity (Wildman–Crippen MR) is 106 cm³/mol. The summed E-state index contributed by atoms with van der Waals surface area (Å²) in [6, 6.07) is 9.43. The number of aromatic nitrogens is 3. The van der Waals surface area contributed by atoms with Crippen LogP contribution in [0.5, 0.6) is 0 Å². The molecule has 2 heterocycles. The molecular formula is C19H22N4O2S. The first-order valence-electron chi connectivity index (χ1n) is 8.47. The van der Waals surface area contributed by atoms with Crippen molar-refractivity contribution in [3.8, 4) is 0 Å². The Hall–Kier alpha value is -2.54. The standard InChI is InChI=1S/C19H22N4O2S/c1-11(2)23-18(25)17-15(9-13(4)20-17)22-19(23)26-10-16(24)21-14-8-6-5-7-12(14)3/h5-9,11,20H,10H2,1-4H3,(H,21,24). The van der Waals surface area contributed by atoms with Gasteiger partial charge in [-0.2, -0.15) is 0 Å². The number of rotatable bonds is 5. The number of carbonyl (C=O) groups is 1. The summed E-state index contributed by atoms with van der Waals surface area (Å²) in [4.78, 5) is 32.7. The Kier molecular flexibility index (Phi) is 5.18. The van der Waals surface area contributed by atoms with Gasteiger partial charge in [0.05, 0.1) is 11.3 Å². The van der Waals surface area contributed by atoms with Crippen LogP contribution in [0.2, 0.25) is 0 Å². The van der Waals surface area contributed by atoms with Crippen LogP contribution >= 0.6 is 11.8 Å². The van der Waals surface area contributed by atoms with Crippen LogP contribution in [0, 0.1) is 13.8 Å². The van der Waals surface area contributed by atoms with E-state index in [4.69, 9.17) is 0 Å². The molecule has 0 aliphatic rings. The van der Waals surface area contributed by atoms with Crippen molar-refractivity contribution in [1.82, 2.24) is 14.5 Å². The minimum atomic E-state index is -0.126. The quantitative estimate of drug-likeness (QED) is 0.531. The molecule has 26 heavy (non-hydrogen) atoms. The lowest BCUT2D eigenvalue weighted by atomic mass is 10.2. The maximum Gasteiger partial charge on any atom is 0.278 e. The number of carbonyl (C=O) groups excluding carboxylic acids is 1. The van der Waals surface area contributed by atoms with Crippen LogP contribution in [0.1, 0.15) is 31.1 Å². The second kappa shape index (κ2) is 7.37. The van der Waals surface area contributed by atoms with Crippen molar-refractivity contribution < 1.29 is 4.79 Å². The SMILES string of the molecule is Cc1cc2nc(SCC(=O)Nc3ccccc3C)n(C(C)C)c(=O)c2[nH]1. The summed E-state index contributed by atoms with van der Waals surface area (Å²) in [5.74, 6) is 0.0572. The largest absolute Gasteiger partial charge is 0.353 e. The van der Waals surface area contributed by atoms with Crippen LogP contribution in [-0.4, -0.2) is 26.2 Å². The molecule has 6 nitrogen and oxygen atoms in total. The van der Waals surface area contributed by atoms with Crippen molar-refractivity contribution in [3.63, 3.8) is 0 Å². The number of hydrogen-bond donors (Lipinski definition) is 2. The Labute approximate surface area is 156 Å². The molecule has 1 aromatic carbocycles. The molecule has 2 aromatic heterocycles. The van der Waals surface area contributed by atoms with Crippen LogP contribution in [-0.2, 0) is 4.79 Å². The highest BCUT2D eigenvalue weighted by Crippen LogP contribution is 2.22. The van der Waals surface area contributed by atoms with Crippen LogP contribution in [0.15, 0.2) is 40.3 Å². The van der Waals surface area contributed by atoms with E-state index in [1.54, 1.807) is 4.57 Å². The van der Waals surface area contributed by atoms with E-state index >= 15 is 0 Å². The zero-order chi connectivity index (χ0) is 18.8. The first kappa shape index (κ1) is 18.3. The molecule has 0 radical (unpaired) electrons. The van der Waals surface area contributed by atoms with Crippen molar-refractivity contribution in [1.29, 1.82) is 0 Å². The summed E-state index contributed by atoms with van der Waals surface area (Å²) in [5, 5.41) is 3.46. The highest BCUT2D eigenvalue weighted by atomic mass is 32.2. The fourth-order valence-corrected chi connectivity index (χ4v) is 3.70. The fraction of sp³-hybridized carbons (Fsp3) is 0.316. The number of fused-ring (bicyclic) bond motifs is 1. The fourth-order valence-electron chi connectivity index (χ4n) is 2.78. The monoisotopic (exact) mass is 370 g/mol. The van der Waals surface area contributed by atoms with E-state index in [0.717, 1.165) is 16.9 Å². The first-order chi connectivity index (χ1) is 12.4. The summed E-state index contributed by atoms with van der Waals surface area (Å²) in [7, 11) is 0. The van der Waals surface area contributed by atoms with Crippen LogP contribution in [0.25, 0.3) is 11.0 Å². The molecule has 0 aliphatic carbocycles. The van der Waals surface area contributed by atoms with Crippen molar-refractivity contribution in [2.75, 3.05) is 11.1 Å². The number of hydrogen-bond acceptors (Lipinski definition) is 4. The first-order valence-corrected chi connectivity index (χ1v) is 9.45. The molecule has 2 N–H and O–H groups in total. The number of nitrogens with zero attached hydrogens (tertiary/aromatic N) is 2. The molecule has 0 fully saturated rings. The number of amides is 1. The highest BCUT2D eigenvalue weighted by molar-refractivity contribution is 7.99. The number of H-pyrrole nitrogens is 1. The number of para-hydroxylation sites is 1. The van der Waals surface area contributed by atoms with Gasteiger partial charge in [-0.05, 0) is 45.4 Å². The third-order valence-electron chi connectivity index (χ3n) is 4.05. The van der Waals surface area contributed by atoms with E-state index in [0.29, 0.717) is 16.2 Å². The third-order valence-corrected chi connectivity index (χ3v) is 5.01. The predicted octanol–water partition coefficient (Wildman–Crippen LogP) is 3.65. The topological polar surface area (TPSA) is 79.8 Å². The van der Waals surface area contributed by atoms with Gasteiger partial charge in [0.2, 0.25) is 5.91 Å². The van der Waals surface area contributed by atoms with Crippen LogP contribution in [0.3, 0.4) is 0 Å². The van der Waals surface area contributed by atoms with Gasteiger partial charge in [-0.3, -0.25) is 14.2 Å². The molecule has 1 amide bonds. The second-order valence-corrected chi connectivity index (χ2v) is 7.47. The second-order valence-electron chi connectivity index (χ2n) is 6.53. The Balaban J connectivity index is 1.84. The van der Waals surface area contributed by atoms with Gasteiger partial charge in [-0.1, -0.05) is 30.0 Å². The van der Waals surface area contributed by atoms with E-state index in [1.807, 2.05) is 58.0 Å². The number of aryl methyl sites for hydroxylation is 2. The molecule has 136 valence electrons. The molecule has 3 aromatic rings. The number of aromatic amines is 1. The lowest BCUT2D eigenvalue weighted by Gasteiger charge is -2.15. The van der Waals surface area contributed by atoms with Crippen molar-refractivity contribution in [2.24, 2.45) is 0 Å². The van der Waals surface area contributed by atoms with Gasteiger partial charge in [-0.25, -0.2) is 4.98 Å². The summed E-state index contributed by atoms with van der Waals surface area (Å²) in [6.45, 7) is 7.70. The molecule has 7 heteroatoms. The number of thioether (sulfide) groups is 1. The van der Waals surface area contributed by atoms with Crippen LogP contribution < -0.4 is 10.9 Å². The van der Waals surface area contributed by atoms with Crippen molar-refractivity contribution in [2.45, 2.75) is 38.9 Å². The minimum absolute atomic E-state index is 0.0510. The van der Waals surface area contributed by atoms with Crippen molar-refractivity contribution in [3.05, 3.63) is 51.9 Å². The average Bonchev–Trinajstić information content (AvgIpc) is 2.95. The van der Waals surface area contributed by atoms with E-state index in [2.05, 4.69) is 15.3 Å². The third kappa shape index (κ3) is 3.67. The Bertz CT molecular complexity index is 1020. The summed E-state index contributed by atoms with van der Waals surface area (Å²) in [6.07, 6.45) is 0. The molecule has 0 bridgehead atoms. The number of benzene rings is 1. The van der Waals surface area contributed by atoms with Crippen LogP contribution in [0.4, 0.5) is 5.69 Å². The van der Waals surface area contributed by atoms with Gasteiger partial charge in [0.1, 0.15) is 5.52 Å². The molecule has 0 aliphatic heterocycles. The Morgan fingerprint density at radius 1 is 1.31 bits per heavy atom. The Morgan fingerprint density at radius 2 is 2.04 bits per heavy atom. The zero-order valence-corrected chi connectivity index (χ0v) is 16.1. The maximum atomic E-state index is 12.8. The highest BCUT2D eigenvalue weighted by Gasteiger charge is 2.17. The van der Waals surface area contributed by atoms with Gasteiger partial charge in [-0.15, -0.1) is 0 Å². The van der Waals surface area contributed by atoms with Gasteiger partial charge >= 0.3 is 0 Å². The Morgan fingerprint density at radius 3 is 2.73 bits per heavy atom. The van der Waals surface area contributed by atoms with Gasteiger partial charge < -0.3 is 10.3 Å². The smallest absolute Gasteiger partial charge is 0.278 e. The lowest BCUT2D eigenvalue weighted by molar-refractivity contribution is -0.113. The molecule has 0 saturated carbocycles. The number of nitrogens with one attached hydrogen (secondary N) is 2. The minimum Gasteiger partial charge on any atom is -0.353 e. The maximum absolute atomic E-state index is 12.8. The molecule has 0 unspecified atom stereocenters. The molecule has 3 rings (SSSR count). The van der Waals surface area contributed by atoms with Gasteiger partial charge in [0.15, 0.2) is 5.16 Å². The average molecular weight is 370 g/mol. The summed E-state index contributed by atoms with van der Waals surface area (Å²) >= 11 is 1.27. The lowest BCUT2D eigenvalue weighted by Crippen LogP contribution is -2.25. The number of anilines is 1.